The summed E-state index contributed by atoms with van der Waals surface area (Å²) in [5, 5.41) is 0. The molecule has 0 bridgehead atoms. The zero-order valence-corrected chi connectivity index (χ0v) is 23.7. The molecule has 0 atom stereocenters. The van der Waals surface area contributed by atoms with Gasteiger partial charge in [0.25, 0.3) is 0 Å². The fourth-order valence-corrected chi connectivity index (χ4v) is 5.27. The Labute approximate surface area is 220 Å². The molecule has 2 aromatic rings. The molecule has 0 radical (unpaired) electrons. The summed E-state index contributed by atoms with van der Waals surface area (Å²) in [6.07, 6.45) is 0. The smallest absolute Gasteiger partial charge is 0.143 e. The summed E-state index contributed by atoms with van der Waals surface area (Å²) in [4.78, 5) is 9.37. The van der Waals surface area contributed by atoms with E-state index < -0.39 is 0 Å². The highest BCUT2D eigenvalue weighted by Crippen LogP contribution is 2.36. The Morgan fingerprint density at radius 3 is 1.24 bits per heavy atom. The van der Waals surface area contributed by atoms with E-state index in [1.165, 1.54) is 0 Å². The van der Waals surface area contributed by atoms with E-state index in [1.807, 2.05) is 24.3 Å². The van der Waals surface area contributed by atoms with Gasteiger partial charge in [-0.15, -0.1) is 0 Å². The molecule has 2 saturated heterocycles. The molecule has 0 amide bonds. The monoisotopic (exact) mass is 598 g/mol. The molecule has 0 aliphatic carbocycles. The molecule has 0 unspecified atom stereocenters. The number of nitrogens with zero attached hydrogens (tertiary/aromatic N) is 4. The van der Waals surface area contributed by atoms with E-state index in [-0.39, 0.29) is 0 Å². The summed E-state index contributed by atoms with van der Waals surface area (Å²) < 4.78 is 12.6. The largest absolute Gasteiger partial charge is 0.495 e. The van der Waals surface area contributed by atoms with E-state index in [0.29, 0.717) is 11.4 Å². The van der Waals surface area contributed by atoms with Crippen LogP contribution >= 0.6 is 31.9 Å². The third kappa shape index (κ3) is 6.62. The fourth-order valence-electron chi connectivity index (χ4n) is 4.05. The van der Waals surface area contributed by atoms with Crippen LogP contribution in [0, 0.1) is 0 Å². The number of hydrogen-bond donors (Lipinski definition) is 2. The van der Waals surface area contributed by atoms with Crippen molar-refractivity contribution >= 4 is 54.6 Å². The van der Waals surface area contributed by atoms with Gasteiger partial charge in [0.1, 0.15) is 11.5 Å². The molecule has 4 N–H and O–H groups in total. The molecule has 8 nitrogen and oxygen atoms in total. The zero-order valence-electron chi connectivity index (χ0n) is 20.5. The Morgan fingerprint density at radius 2 is 0.941 bits per heavy atom. The minimum atomic E-state index is 0.664. The number of methoxy groups -OCH3 is 2. The van der Waals surface area contributed by atoms with Crippen LogP contribution in [0.4, 0.5) is 22.7 Å². The van der Waals surface area contributed by atoms with Crippen molar-refractivity contribution in [3.63, 3.8) is 0 Å². The van der Waals surface area contributed by atoms with Crippen molar-refractivity contribution in [1.82, 2.24) is 9.80 Å². The van der Waals surface area contributed by atoms with Gasteiger partial charge in [0.05, 0.1) is 37.0 Å². The van der Waals surface area contributed by atoms with Gasteiger partial charge in [-0.25, -0.2) is 0 Å². The maximum absolute atomic E-state index is 5.87. The second kappa shape index (κ2) is 12.2. The molecule has 2 aromatic carbocycles. The fraction of sp³-hybridized carbons (Fsp3) is 0.500. The van der Waals surface area contributed by atoms with Gasteiger partial charge in [-0.2, -0.15) is 0 Å². The molecule has 0 aromatic heterocycles. The molecular formula is C24H36Br2N6O2. The van der Waals surface area contributed by atoms with E-state index in [0.717, 1.165) is 84.2 Å². The number of hydrogen-bond acceptors (Lipinski definition) is 8. The van der Waals surface area contributed by atoms with Gasteiger partial charge in [-0.3, -0.25) is 0 Å². The second-order valence-electron chi connectivity index (χ2n) is 8.67. The summed E-state index contributed by atoms with van der Waals surface area (Å²) in [6, 6.07) is 7.83. The van der Waals surface area contributed by atoms with Crippen LogP contribution in [0.1, 0.15) is 0 Å². The molecule has 0 spiro atoms. The molecule has 0 saturated carbocycles. The van der Waals surface area contributed by atoms with Crippen LogP contribution in [0.3, 0.4) is 0 Å². The third-order valence-electron chi connectivity index (χ3n) is 6.29. The Kier molecular flexibility index (Phi) is 9.58. The van der Waals surface area contributed by atoms with E-state index in [4.69, 9.17) is 20.9 Å². The summed E-state index contributed by atoms with van der Waals surface area (Å²) in [7, 11) is 7.59. The van der Waals surface area contributed by atoms with Crippen LogP contribution in [-0.2, 0) is 0 Å². The predicted molar refractivity (Wildman–Crippen MR) is 150 cm³/mol. The average Bonchev–Trinajstić information content (AvgIpc) is 2.81. The van der Waals surface area contributed by atoms with Crippen LogP contribution in [0.25, 0.3) is 0 Å². The van der Waals surface area contributed by atoms with Crippen molar-refractivity contribution in [3.05, 3.63) is 33.2 Å². The standard InChI is InChI=1S/2C12H18BrN3O/c2*1-15-3-5-16(6-4-15)11-8-12(17-2)10(14)7-9(11)13/h2*7-8H,3-6,14H2,1-2H3. The summed E-state index contributed by atoms with van der Waals surface area (Å²) in [5.74, 6) is 1.48. The lowest BCUT2D eigenvalue weighted by Gasteiger charge is -2.34. The number of nitrogens with two attached hydrogens (primary N) is 2. The van der Waals surface area contributed by atoms with Crippen LogP contribution < -0.4 is 30.7 Å². The van der Waals surface area contributed by atoms with Gasteiger partial charge < -0.3 is 40.5 Å². The first kappa shape index (κ1) is 26.7. The first-order valence-corrected chi connectivity index (χ1v) is 12.9. The van der Waals surface area contributed by atoms with Gasteiger partial charge in [0, 0.05) is 73.4 Å². The van der Waals surface area contributed by atoms with Crippen molar-refractivity contribution in [3.8, 4) is 11.5 Å². The number of rotatable bonds is 4. The molecule has 188 valence electrons. The normalized spacial score (nSPS) is 17.2. The molecule has 2 aliphatic heterocycles. The highest BCUT2D eigenvalue weighted by atomic mass is 79.9. The van der Waals surface area contributed by atoms with Gasteiger partial charge in [-0.1, -0.05) is 0 Å². The second-order valence-corrected chi connectivity index (χ2v) is 10.4. The predicted octanol–water partition coefficient (Wildman–Crippen LogP) is 3.58. The topological polar surface area (TPSA) is 83.5 Å². The molecule has 2 aliphatic rings. The van der Waals surface area contributed by atoms with Crippen molar-refractivity contribution in [2.75, 3.05) is 102 Å². The van der Waals surface area contributed by atoms with E-state index in [9.17, 15) is 0 Å². The Bertz CT molecular complexity index is 883. The van der Waals surface area contributed by atoms with Crippen molar-refractivity contribution < 1.29 is 9.47 Å². The van der Waals surface area contributed by atoms with E-state index in [1.54, 1.807) is 14.2 Å². The number of piperazine rings is 2. The average molecular weight is 600 g/mol. The molecule has 4 rings (SSSR count). The van der Waals surface area contributed by atoms with Crippen molar-refractivity contribution in [1.29, 1.82) is 0 Å². The number of likely N-dealkylation sites (N-methyl/N-ethyl adjacent to an activating group) is 2. The minimum Gasteiger partial charge on any atom is -0.495 e. The van der Waals surface area contributed by atoms with Gasteiger partial charge in [-0.05, 0) is 58.1 Å². The summed E-state index contributed by atoms with van der Waals surface area (Å²) in [5.41, 5.74) is 15.4. The van der Waals surface area contributed by atoms with Crippen LogP contribution in [0.15, 0.2) is 33.2 Å². The van der Waals surface area contributed by atoms with E-state index in [2.05, 4.69) is 65.6 Å². The lowest BCUT2D eigenvalue weighted by Crippen LogP contribution is -2.44. The maximum Gasteiger partial charge on any atom is 0.143 e. The molecule has 10 heteroatoms. The van der Waals surface area contributed by atoms with Crippen LogP contribution in [0.5, 0.6) is 11.5 Å². The number of ether oxygens (including phenoxy) is 2. The Morgan fingerprint density at radius 1 is 0.618 bits per heavy atom. The first-order valence-electron chi connectivity index (χ1n) is 11.4. The highest BCUT2D eigenvalue weighted by molar-refractivity contribution is 9.11. The highest BCUT2D eigenvalue weighted by Gasteiger charge is 2.19. The van der Waals surface area contributed by atoms with Crippen molar-refractivity contribution in [2.24, 2.45) is 0 Å². The molecule has 2 fully saturated rings. The number of halogens is 2. The number of nitrogen functional groups attached to an aromatic ring is 2. The van der Waals surface area contributed by atoms with E-state index >= 15 is 0 Å². The van der Waals surface area contributed by atoms with Gasteiger partial charge in [0.15, 0.2) is 0 Å². The third-order valence-corrected chi connectivity index (χ3v) is 7.56. The lowest BCUT2D eigenvalue weighted by atomic mass is 10.2. The maximum atomic E-state index is 5.87. The minimum absolute atomic E-state index is 0.664. The van der Waals surface area contributed by atoms with Crippen LogP contribution in [-0.4, -0.2) is 90.5 Å². The SMILES string of the molecule is COc1cc(N2CCN(C)CC2)c(Br)cc1N.COc1cc(N2CCN(C)CC2)c(Br)cc1N. The summed E-state index contributed by atoms with van der Waals surface area (Å²) >= 11 is 7.14. The lowest BCUT2D eigenvalue weighted by molar-refractivity contribution is 0.312. The molecule has 34 heavy (non-hydrogen) atoms. The Hall–Kier alpha value is -1.88. The quantitative estimate of drug-likeness (QED) is 0.516. The Balaban J connectivity index is 0.000000191. The van der Waals surface area contributed by atoms with Crippen molar-refractivity contribution in [2.45, 2.75) is 0 Å². The first-order chi connectivity index (χ1) is 16.2. The summed E-state index contributed by atoms with van der Waals surface area (Å²) in [6.45, 7) is 8.45. The zero-order chi connectivity index (χ0) is 24.8. The molecule has 2 heterocycles. The van der Waals surface area contributed by atoms with Gasteiger partial charge >= 0.3 is 0 Å². The number of anilines is 4. The number of benzene rings is 2. The van der Waals surface area contributed by atoms with Gasteiger partial charge in [0.2, 0.25) is 0 Å². The van der Waals surface area contributed by atoms with Crippen LogP contribution in [0.2, 0.25) is 0 Å². The molecular weight excluding hydrogens is 564 g/mol.